The Balaban J connectivity index is 1.76. The van der Waals surface area contributed by atoms with E-state index in [9.17, 15) is 19.2 Å². The minimum Gasteiger partial charge on any atom is -0.497 e. The highest BCUT2D eigenvalue weighted by Gasteiger charge is 2.19. The van der Waals surface area contributed by atoms with Crippen molar-refractivity contribution < 1.29 is 28.7 Å². The van der Waals surface area contributed by atoms with Crippen molar-refractivity contribution in [3.8, 4) is 5.75 Å². The van der Waals surface area contributed by atoms with Gasteiger partial charge in [0.25, 0.3) is 11.8 Å². The van der Waals surface area contributed by atoms with Gasteiger partial charge in [-0.2, -0.15) is 0 Å². The molecule has 2 aromatic rings. The molecule has 0 aliphatic rings. The van der Waals surface area contributed by atoms with Crippen LogP contribution in [0.25, 0.3) is 0 Å². The number of ketones is 1. The number of methoxy groups -OCH3 is 1. The lowest BCUT2D eigenvalue weighted by molar-refractivity contribution is -0.147. The number of carbonyl (C=O) groups is 4. The minimum atomic E-state index is -0.774. The third kappa shape index (κ3) is 7.38. The van der Waals surface area contributed by atoms with E-state index in [-0.39, 0.29) is 5.78 Å². The molecule has 0 saturated carbocycles. The quantitative estimate of drug-likeness (QED) is 0.569. The van der Waals surface area contributed by atoms with Crippen LogP contribution in [0.4, 0.5) is 0 Å². The molecule has 0 heterocycles. The number of nitrogens with one attached hydrogen (secondary N) is 2. The van der Waals surface area contributed by atoms with Gasteiger partial charge in [-0.25, -0.2) is 0 Å². The standard InChI is InChI=1S/C22H24N2O6/c1-15(25)19(11-16-7-4-3-5-8-16)24-20(26)14-30-21(27)13-23-22(28)17-9-6-10-18(12-17)29-2/h3-10,12,19H,11,13-14H2,1-2H3,(H,23,28)(H,24,26)/t19-/m0/s1. The molecule has 30 heavy (non-hydrogen) atoms. The van der Waals surface area contributed by atoms with Crippen molar-refractivity contribution in [2.45, 2.75) is 19.4 Å². The van der Waals surface area contributed by atoms with Gasteiger partial charge in [0.1, 0.15) is 12.3 Å². The van der Waals surface area contributed by atoms with E-state index in [1.165, 1.54) is 20.1 Å². The highest BCUT2D eigenvalue weighted by molar-refractivity contribution is 5.96. The largest absolute Gasteiger partial charge is 0.497 e. The fourth-order valence-electron chi connectivity index (χ4n) is 2.60. The van der Waals surface area contributed by atoms with Gasteiger partial charge in [-0.15, -0.1) is 0 Å². The Kier molecular flexibility index (Phi) is 8.56. The van der Waals surface area contributed by atoms with E-state index in [0.717, 1.165) is 5.56 Å². The average Bonchev–Trinajstić information content (AvgIpc) is 2.76. The van der Waals surface area contributed by atoms with Gasteiger partial charge in [-0.05, 0) is 37.1 Å². The minimum absolute atomic E-state index is 0.205. The molecule has 0 saturated heterocycles. The van der Waals surface area contributed by atoms with Gasteiger partial charge in [-0.3, -0.25) is 19.2 Å². The zero-order valence-corrected chi connectivity index (χ0v) is 16.8. The summed E-state index contributed by atoms with van der Waals surface area (Å²) in [6.45, 7) is 0.434. The Bertz CT molecular complexity index is 898. The summed E-state index contributed by atoms with van der Waals surface area (Å²) in [5.74, 6) is -1.54. The highest BCUT2D eigenvalue weighted by atomic mass is 16.5. The van der Waals surface area contributed by atoms with Gasteiger partial charge in [0.2, 0.25) is 0 Å². The summed E-state index contributed by atoms with van der Waals surface area (Å²) >= 11 is 0. The molecule has 2 amide bonds. The third-order valence-electron chi connectivity index (χ3n) is 4.20. The molecule has 2 aromatic carbocycles. The molecule has 0 aromatic heterocycles. The number of rotatable bonds is 10. The van der Waals surface area contributed by atoms with E-state index in [4.69, 9.17) is 9.47 Å². The fourth-order valence-corrected chi connectivity index (χ4v) is 2.60. The summed E-state index contributed by atoms with van der Waals surface area (Å²) in [5.41, 5.74) is 1.22. The summed E-state index contributed by atoms with van der Waals surface area (Å²) < 4.78 is 9.91. The van der Waals surface area contributed by atoms with Crippen LogP contribution in [0.2, 0.25) is 0 Å². The predicted molar refractivity (Wildman–Crippen MR) is 109 cm³/mol. The van der Waals surface area contributed by atoms with Crippen molar-refractivity contribution in [2.75, 3.05) is 20.3 Å². The van der Waals surface area contributed by atoms with E-state index < -0.39 is 37.0 Å². The smallest absolute Gasteiger partial charge is 0.325 e. The Morgan fingerprint density at radius 1 is 1.00 bits per heavy atom. The molecule has 0 unspecified atom stereocenters. The first kappa shape index (κ1) is 22.6. The Morgan fingerprint density at radius 3 is 2.40 bits per heavy atom. The first-order valence-electron chi connectivity index (χ1n) is 9.30. The molecule has 0 radical (unpaired) electrons. The van der Waals surface area contributed by atoms with Crippen molar-refractivity contribution in [1.29, 1.82) is 0 Å². The molecular formula is C22H24N2O6. The van der Waals surface area contributed by atoms with Crippen LogP contribution in [0.3, 0.4) is 0 Å². The summed E-state index contributed by atoms with van der Waals surface area (Å²) in [6.07, 6.45) is 0.340. The number of amides is 2. The molecular weight excluding hydrogens is 388 g/mol. The number of esters is 1. The predicted octanol–water partition coefficient (Wildman–Crippen LogP) is 1.28. The van der Waals surface area contributed by atoms with Crippen LogP contribution in [0.15, 0.2) is 54.6 Å². The van der Waals surface area contributed by atoms with Crippen LogP contribution in [0.5, 0.6) is 5.75 Å². The van der Waals surface area contributed by atoms with Crippen molar-refractivity contribution in [3.05, 3.63) is 65.7 Å². The van der Waals surface area contributed by atoms with Gasteiger partial charge < -0.3 is 20.1 Å². The van der Waals surface area contributed by atoms with Gasteiger partial charge in [0, 0.05) is 5.56 Å². The Morgan fingerprint density at radius 2 is 1.73 bits per heavy atom. The van der Waals surface area contributed by atoms with E-state index >= 15 is 0 Å². The van der Waals surface area contributed by atoms with Gasteiger partial charge in [0.05, 0.1) is 13.2 Å². The molecule has 0 spiro atoms. The SMILES string of the molecule is COc1cccc(C(=O)NCC(=O)OCC(=O)N[C@@H](Cc2ccccc2)C(C)=O)c1. The first-order chi connectivity index (χ1) is 14.4. The number of Topliss-reactive ketones (excluding diaryl/α,β-unsaturated/α-hetero) is 1. The molecule has 2 N–H and O–H groups in total. The maximum absolute atomic E-state index is 12.1. The third-order valence-corrected chi connectivity index (χ3v) is 4.20. The van der Waals surface area contributed by atoms with Crippen LogP contribution < -0.4 is 15.4 Å². The van der Waals surface area contributed by atoms with Crippen LogP contribution in [0, 0.1) is 0 Å². The Hall–Kier alpha value is -3.68. The fraction of sp³-hybridized carbons (Fsp3) is 0.273. The first-order valence-corrected chi connectivity index (χ1v) is 9.30. The van der Waals surface area contributed by atoms with Crippen LogP contribution in [-0.4, -0.2) is 49.9 Å². The summed E-state index contributed by atoms with van der Waals surface area (Å²) in [4.78, 5) is 47.7. The zero-order chi connectivity index (χ0) is 21.9. The molecule has 0 bridgehead atoms. The number of hydrogen-bond donors (Lipinski definition) is 2. The lowest BCUT2D eigenvalue weighted by atomic mass is 10.0. The molecule has 0 aliphatic carbocycles. The molecule has 158 valence electrons. The molecule has 0 fully saturated rings. The maximum atomic E-state index is 12.1. The number of benzene rings is 2. The molecule has 2 rings (SSSR count). The van der Waals surface area contributed by atoms with Crippen molar-refractivity contribution in [3.63, 3.8) is 0 Å². The van der Waals surface area contributed by atoms with Crippen LogP contribution in [0.1, 0.15) is 22.8 Å². The molecule has 0 aliphatic heterocycles. The van der Waals surface area contributed by atoms with E-state index in [1.54, 1.807) is 18.2 Å². The normalized spacial score (nSPS) is 11.1. The van der Waals surface area contributed by atoms with E-state index in [1.807, 2.05) is 30.3 Å². The second kappa shape index (κ2) is 11.4. The summed E-state index contributed by atoms with van der Waals surface area (Å²) in [5, 5.41) is 4.97. The van der Waals surface area contributed by atoms with E-state index in [2.05, 4.69) is 10.6 Å². The van der Waals surface area contributed by atoms with Crippen molar-refractivity contribution in [1.82, 2.24) is 10.6 Å². The Labute approximate surface area is 174 Å². The molecule has 8 nitrogen and oxygen atoms in total. The number of ether oxygens (including phenoxy) is 2. The van der Waals surface area contributed by atoms with Crippen LogP contribution >= 0.6 is 0 Å². The second-order valence-electron chi connectivity index (χ2n) is 6.50. The van der Waals surface area contributed by atoms with E-state index in [0.29, 0.717) is 17.7 Å². The lowest BCUT2D eigenvalue weighted by Gasteiger charge is -2.16. The number of hydrogen-bond acceptors (Lipinski definition) is 6. The monoisotopic (exact) mass is 412 g/mol. The lowest BCUT2D eigenvalue weighted by Crippen LogP contribution is -2.43. The highest BCUT2D eigenvalue weighted by Crippen LogP contribution is 2.12. The van der Waals surface area contributed by atoms with Crippen LogP contribution in [-0.2, 0) is 25.5 Å². The molecule has 1 atom stereocenters. The second-order valence-corrected chi connectivity index (χ2v) is 6.50. The van der Waals surface area contributed by atoms with Gasteiger partial charge in [-0.1, -0.05) is 36.4 Å². The summed E-state index contributed by atoms with van der Waals surface area (Å²) in [7, 11) is 1.48. The topological polar surface area (TPSA) is 111 Å². The zero-order valence-electron chi connectivity index (χ0n) is 16.8. The number of carbonyl (C=O) groups excluding carboxylic acids is 4. The van der Waals surface area contributed by atoms with Gasteiger partial charge in [0.15, 0.2) is 12.4 Å². The van der Waals surface area contributed by atoms with Gasteiger partial charge >= 0.3 is 5.97 Å². The average molecular weight is 412 g/mol. The molecule has 8 heteroatoms. The van der Waals surface area contributed by atoms with Crippen molar-refractivity contribution in [2.24, 2.45) is 0 Å². The van der Waals surface area contributed by atoms with Crippen molar-refractivity contribution >= 4 is 23.6 Å². The maximum Gasteiger partial charge on any atom is 0.325 e. The summed E-state index contributed by atoms with van der Waals surface area (Å²) in [6, 6.07) is 15.0.